The van der Waals surface area contributed by atoms with E-state index in [-0.39, 0.29) is 17.4 Å². The highest BCUT2D eigenvalue weighted by atomic mass is 16.5. The zero-order chi connectivity index (χ0) is 13.1. The fourth-order valence-corrected chi connectivity index (χ4v) is 1.71. The van der Waals surface area contributed by atoms with E-state index >= 15 is 0 Å². The summed E-state index contributed by atoms with van der Waals surface area (Å²) >= 11 is 0. The Morgan fingerprint density at radius 1 is 1.44 bits per heavy atom. The minimum absolute atomic E-state index is 0.120. The smallest absolute Gasteiger partial charge is 0.280 e. The predicted octanol–water partition coefficient (Wildman–Crippen LogP) is 2.36. The average Bonchev–Trinajstić information content (AvgIpc) is 2.77. The standard InChI is InChI=1S/C13H14N2O3/c1-3-15(10-5-4-6-11(16)8-10)13(17)12-7-9(2)18-14-12/h4-8,16H,3H2,1-2H3. The fourth-order valence-electron chi connectivity index (χ4n) is 1.71. The second-order valence-corrected chi connectivity index (χ2v) is 3.89. The normalized spacial score (nSPS) is 10.3. The number of phenols is 1. The number of benzene rings is 1. The Morgan fingerprint density at radius 3 is 2.78 bits per heavy atom. The van der Waals surface area contributed by atoms with Crippen LogP contribution >= 0.6 is 0 Å². The maximum atomic E-state index is 12.2. The summed E-state index contributed by atoms with van der Waals surface area (Å²) in [6.07, 6.45) is 0. The molecule has 0 aliphatic heterocycles. The molecule has 0 aliphatic carbocycles. The molecule has 0 atom stereocenters. The molecule has 0 bridgehead atoms. The van der Waals surface area contributed by atoms with Crippen LogP contribution in [0.5, 0.6) is 5.75 Å². The lowest BCUT2D eigenvalue weighted by atomic mass is 10.2. The summed E-state index contributed by atoms with van der Waals surface area (Å²) < 4.78 is 4.89. The van der Waals surface area contributed by atoms with Gasteiger partial charge in [-0.2, -0.15) is 0 Å². The molecule has 5 heteroatoms. The summed E-state index contributed by atoms with van der Waals surface area (Å²) in [6, 6.07) is 8.13. The van der Waals surface area contributed by atoms with Crippen molar-refractivity contribution in [2.45, 2.75) is 13.8 Å². The van der Waals surface area contributed by atoms with Crippen molar-refractivity contribution in [3.8, 4) is 5.75 Å². The van der Waals surface area contributed by atoms with Crippen LogP contribution in [-0.2, 0) is 0 Å². The molecule has 0 aliphatic rings. The Morgan fingerprint density at radius 2 is 2.22 bits per heavy atom. The summed E-state index contributed by atoms with van der Waals surface area (Å²) in [7, 11) is 0. The maximum absolute atomic E-state index is 12.2. The quantitative estimate of drug-likeness (QED) is 0.902. The molecule has 0 saturated carbocycles. The number of anilines is 1. The van der Waals surface area contributed by atoms with Gasteiger partial charge in [0, 0.05) is 24.4 Å². The topological polar surface area (TPSA) is 66.6 Å². The van der Waals surface area contributed by atoms with Gasteiger partial charge in [0.15, 0.2) is 5.69 Å². The van der Waals surface area contributed by atoms with Gasteiger partial charge >= 0.3 is 0 Å². The van der Waals surface area contributed by atoms with E-state index in [0.717, 1.165) is 0 Å². The van der Waals surface area contributed by atoms with Gasteiger partial charge in [-0.15, -0.1) is 0 Å². The first-order valence-corrected chi connectivity index (χ1v) is 5.66. The van der Waals surface area contributed by atoms with Crippen LogP contribution in [0, 0.1) is 6.92 Å². The van der Waals surface area contributed by atoms with Crippen LogP contribution in [0.2, 0.25) is 0 Å². The van der Waals surface area contributed by atoms with E-state index in [1.165, 1.54) is 11.0 Å². The highest BCUT2D eigenvalue weighted by Gasteiger charge is 2.19. The predicted molar refractivity (Wildman–Crippen MR) is 66.7 cm³/mol. The van der Waals surface area contributed by atoms with Crippen molar-refractivity contribution in [1.29, 1.82) is 0 Å². The van der Waals surface area contributed by atoms with Gasteiger partial charge in [0.05, 0.1) is 0 Å². The van der Waals surface area contributed by atoms with Gasteiger partial charge in [-0.25, -0.2) is 0 Å². The van der Waals surface area contributed by atoms with Gasteiger partial charge in [0.25, 0.3) is 5.91 Å². The van der Waals surface area contributed by atoms with E-state index in [1.807, 2.05) is 6.92 Å². The number of aromatic nitrogens is 1. The summed E-state index contributed by atoms with van der Waals surface area (Å²) in [4.78, 5) is 13.7. The van der Waals surface area contributed by atoms with Gasteiger partial charge in [-0.1, -0.05) is 11.2 Å². The second kappa shape index (κ2) is 4.91. The number of amides is 1. The van der Waals surface area contributed by atoms with Gasteiger partial charge in [0.1, 0.15) is 11.5 Å². The Kier molecular flexibility index (Phi) is 3.32. The number of nitrogens with zero attached hydrogens (tertiary/aromatic N) is 2. The van der Waals surface area contributed by atoms with E-state index in [0.29, 0.717) is 18.0 Å². The van der Waals surface area contributed by atoms with Crippen LogP contribution in [0.15, 0.2) is 34.9 Å². The van der Waals surface area contributed by atoms with E-state index in [9.17, 15) is 9.90 Å². The second-order valence-electron chi connectivity index (χ2n) is 3.89. The van der Waals surface area contributed by atoms with E-state index in [2.05, 4.69) is 5.16 Å². The Bertz CT molecular complexity index is 563. The summed E-state index contributed by atoms with van der Waals surface area (Å²) in [5, 5.41) is 13.1. The highest BCUT2D eigenvalue weighted by molar-refractivity contribution is 6.04. The van der Waals surface area contributed by atoms with Crippen molar-refractivity contribution in [2.24, 2.45) is 0 Å². The zero-order valence-electron chi connectivity index (χ0n) is 10.3. The minimum Gasteiger partial charge on any atom is -0.508 e. The molecule has 94 valence electrons. The van der Waals surface area contributed by atoms with Gasteiger partial charge in [-0.05, 0) is 26.0 Å². The first-order chi connectivity index (χ1) is 8.61. The number of hydrogen-bond acceptors (Lipinski definition) is 4. The summed E-state index contributed by atoms with van der Waals surface area (Å²) in [6.45, 7) is 4.07. The molecular weight excluding hydrogens is 232 g/mol. The number of carbonyl (C=O) groups is 1. The Balaban J connectivity index is 2.31. The van der Waals surface area contributed by atoms with Gasteiger partial charge < -0.3 is 14.5 Å². The fraction of sp³-hybridized carbons (Fsp3) is 0.231. The highest BCUT2D eigenvalue weighted by Crippen LogP contribution is 2.21. The molecule has 5 nitrogen and oxygen atoms in total. The lowest BCUT2D eigenvalue weighted by Crippen LogP contribution is -2.30. The molecule has 0 fully saturated rings. The Labute approximate surface area is 105 Å². The number of aromatic hydroxyl groups is 1. The molecule has 1 heterocycles. The Hall–Kier alpha value is -2.30. The number of hydrogen-bond donors (Lipinski definition) is 1. The number of rotatable bonds is 3. The average molecular weight is 246 g/mol. The minimum atomic E-state index is -0.250. The molecule has 1 aromatic heterocycles. The monoisotopic (exact) mass is 246 g/mol. The molecule has 0 radical (unpaired) electrons. The number of carbonyl (C=O) groups excluding carboxylic acids is 1. The molecule has 0 unspecified atom stereocenters. The zero-order valence-corrected chi connectivity index (χ0v) is 10.3. The van der Waals surface area contributed by atoms with Crippen molar-refractivity contribution in [3.05, 3.63) is 41.8 Å². The maximum Gasteiger partial charge on any atom is 0.280 e. The van der Waals surface area contributed by atoms with Crippen molar-refractivity contribution in [1.82, 2.24) is 5.16 Å². The van der Waals surface area contributed by atoms with Crippen LogP contribution in [0.1, 0.15) is 23.2 Å². The van der Waals surface area contributed by atoms with Crippen LogP contribution in [0.4, 0.5) is 5.69 Å². The van der Waals surface area contributed by atoms with Gasteiger partial charge in [-0.3, -0.25) is 4.79 Å². The first-order valence-electron chi connectivity index (χ1n) is 5.66. The lowest BCUT2D eigenvalue weighted by molar-refractivity contribution is 0.0979. The number of phenolic OH excluding ortho intramolecular Hbond substituents is 1. The molecule has 0 spiro atoms. The van der Waals surface area contributed by atoms with Crippen molar-refractivity contribution >= 4 is 11.6 Å². The first kappa shape index (κ1) is 12.2. The molecule has 1 amide bonds. The lowest BCUT2D eigenvalue weighted by Gasteiger charge is -2.19. The summed E-state index contributed by atoms with van der Waals surface area (Å²) in [5.41, 5.74) is 0.890. The molecule has 1 N–H and O–H groups in total. The third kappa shape index (κ3) is 2.34. The van der Waals surface area contributed by atoms with Crippen molar-refractivity contribution in [2.75, 3.05) is 11.4 Å². The summed E-state index contributed by atoms with van der Waals surface area (Å²) in [5.74, 6) is 0.459. The largest absolute Gasteiger partial charge is 0.508 e. The molecule has 0 saturated heterocycles. The molecule has 18 heavy (non-hydrogen) atoms. The molecule has 2 aromatic rings. The molecular formula is C13H14N2O3. The SMILES string of the molecule is CCN(C(=O)c1cc(C)on1)c1cccc(O)c1. The van der Waals surface area contributed by atoms with E-state index in [4.69, 9.17) is 4.52 Å². The van der Waals surface area contributed by atoms with Crippen LogP contribution < -0.4 is 4.90 Å². The van der Waals surface area contributed by atoms with E-state index < -0.39 is 0 Å². The molecule has 2 rings (SSSR count). The third-order valence-corrected chi connectivity index (χ3v) is 2.55. The van der Waals surface area contributed by atoms with E-state index in [1.54, 1.807) is 31.2 Å². The van der Waals surface area contributed by atoms with Gasteiger partial charge in [0.2, 0.25) is 0 Å². The number of aryl methyl sites for hydroxylation is 1. The van der Waals surface area contributed by atoms with Crippen molar-refractivity contribution in [3.63, 3.8) is 0 Å². The molecule has 1 aromatic carbocycles. The third-order valence-electron chi connectivity index (χ3n) is 2.55. The van der Waals surface area contributed by atoms with Crippen LogP contribution in [-0.4, -0.2) is 22.7 Å². The van der Waals surface area contributed by atoms with Crippen LogP contribution in [0.25, 0.3) is 0 Å². The van der Waals surface area contributed by atoms with Crippen molar-refractivity contribution < 1.29 is 14.4 Å². The van der Waals surface area contributed by atoms with Crippen LogP contribution in [0.3, 0.4) is 0 Å².